The highest BCUT2D eigenvalue weighted by molar-refractivity contribution is 14.1. The van der Waals surface area contributed by atoms with Gasteiger partial charge in [0.05, 0.1) is 15.7 Å². The highest BCUT2D eigenvalue weighted by Gasteiger charge is 2.20. The normalized spacial score (nSPS) is 11.4. The van der Waals surface area contributed by atoms with Gasteiger partial charge in [0.2, 0.25) is 0 Å². The molecule has 0 heterocycles. The van der Waals surface area contributed by atoms with E-state index in [2.05, 4.69) is 27.3 Å². The molecule has 2 rings (SSSR count). The fraction of sp³-hybridized carbons (Fsp3) is 0.0769. The first-order chi connectivity index (χ1) is 9.70. The van der Waals surface area contributed by atoms with Gasteiger partial charge in [-0.15, -0.1) is 0 Å². The van der Waals surface area contributed by atoms with E-state index in [1.165, 1.54) is 12.1 Å². The maximum Gasteiger partial charge on any atom is 0.263 e. The van der Waals surface area contributed by atoms with Crippen molar-refractivity contribution in [3.8, 4) is 0 Å². The molecule has 8 heteroatoms. The van der Waals surface area contributed by atoms with Crippen molar-refractivity contribution in [2.45, 2.75) is 11.8 Å². The summed E-state index contributed by atoms with van der Waals surface area (Å²) in [4.78, 5) is -0.0816. The summed E-state index contributed by atoms with van der Waals surface area (Å²) in [5, 5.41) is 0.414. The lowest BCUT2D eigenvalue weighted by molar-refractivity contribution is 0.601. The Morgan fingerprint density at radius 3 is 2.43 bits per heavy atom. The number of nitrogen functional groups attached to an aromatic ring is 1. The first-order valence-corrected chi connectivity index (χ1v) is 9.06. The molecular formula is C13H11Cl2IN2O2S. The van der Waals surface area contributed by atoms with Gasteiger partial charge in [-0.2, -0.15) is 0 Å². The summed E-state index contributed by atoms with van der Waals surface area (Å²) in [6.45, 7) is 1.75. The molecule has 0 amide bonds. The average molecular weight is 457 g/mol. The van der Waals surface area contributed by atoms with Gasteiger partial charge < -0.3 is 5.73 Å². The van der Waals surface area contributed by atoms with Crippen molar-refractivity contribution >= 4 is 67.2 Å². The molecular weight excluding hydrogens is 446 g/mol. The van der Waals surface area contributed by atoms with Gasteiger partial charge in [-0.1, -0.05) is 23.2 Å². The number of benzene rings is 2. The zero-order chi connectivity index (χ0) is 15.8. The summed E-state index contributed by atoms with van der Waals surface area (Å²) in [5.74, 6) is 0. The van der Waals surface area contributed by atoms with Crippen LogP contribution in [0.1, 0.15) is 5.56 Å². The lowest BCUT2D eigenvalue weighted by atomic mass is 10.2. The number of rotatable bonds is 3. The summed E-state index contributed by atoms with van der Waals surface area (Å²) in [6.07, 6.45) is 0. The van der Waals surface area contributed by atoms with Crippen molar-refractivity contribution < 1.29 is 8.42 Å². The molecule has 0 aliphatic heterocycles. The molecule has 0 radical (unpaired) electrons. The molecule has 112 valence electrons. The van der Waals surface area contributed by atoms with Crippen LogP contribution in [0.2, 0.25) is 10.0 Å². The summed E-state index contributed by atoms with van der Waals surface area (Å²) < 4.78 is 28.1. The number of sulfonamides is 1. The molecule has 4 nitrogen and oxygen atoms in total. The molecule has 0 bridgehead atoms. The monoisotopic (exact) mass is 456 g/mol. The lowest BCUT2D eigenvalue weighted by Gasteiger charge is -2.12. The van der Waals surface area contributed by atoms with E-state index in [1.807, 2.05) is 0 Å². The van der Waals surface area contributed by atoms with Gasteiger partial charge in [0.15, 0.2) is 0 Å². The minimum atomic E-state index is -3.87. The van der Waals surface area contributed by atoms with Gasteiger partial charge >= 0.3 is 0 Å². The van der Waals surface area contributed by atoms with Crippen LogP contribution >= 0.6 is 45.8 Å². The Morgan fingerprint density at radius 2 is 1.81 bits per heavy atom. The van der Waals surface area contributed by atoms with E-state index in [4.69, 9.17) is 28.9 Å². The van der Waals surface area contributed by atoms with E-state index in [1.54, 1.807) is 25.1 Å². The van der Waals surface area contributed by atoms with Gasteiger partial charge in [0.1, 0.15) is 4.90 Å². The van der Waals surface area contributed by atoms with Gasteiger partial charge in [0.25, 0.3) is 10.0 Å². The second kappa shape index (κ2) is 6.20. The van der Waals surface area contributed by atoms with Gasteiger partial charge in [-0.3, -0.25) is 4.72 Å². The minimum Gasteiger partial charge on any atom is -0.398 e. The van der Waals surface area contributed by atoms with Gasteiger partial charge in [-0.25, -0.2) is 8.42 Å². The molecule has 3 N–H and O–H groups in total. The number of anilines is 2. The van der Waals surface area contributed by atoms with E-state index in [0.717, 1.165) is 3.57 Å². The Bertz CT molecular complexity index is 810. The Labute approximate surface area is 146 Å². The molecule has 0 saturated carbocycles. The fourth-order valence-electron chi connectivity index (χ4n) is 1.65. The molecule has 0 atom stereocenters. The summed E-state index contributed by atoms with van der Waals surface area (Å²) in [6, 6.07) is 7.84. The third-order valence-electron chi connectivity index (χ3n) is 2.79. The zero-order valence-electron chi connectivity index (χ0n) is 10.8. The maximum absolute atomic E-state index is 12.4. The lowest BCUT2D eigenvalue weighted by Crippen LogP contribution is -2.14. The summed E-state index contributed by atoms with van der Waals surface area (Å²) in [5.41, 5.74) is 7.11. The SMILES string of the molecule is Cc1cc(Cl)c(S(=O)(=O)Nc2ccc(I)cc2Cl)cc1N. The highest BCUT2D eigenvalue weighted by atomic mass is 127. The quantitative estimate of drug-likeness (QED) is 0.534. The molecule has 21 heavy (non-hydrogen) atoms. The van der Waals surface area contributed by atoms with E-state index < -0.39 is 10.0 Å². The van der Waals surface area contributed by atoms with Gasteiger partial charge in [0, 0.05) is 9.26 Å². The minimum absolute atomic E-state index is 0.0816. The van der Waals surface area contributed by atoms with Crippen LogP contribution in [-0.4, -0.2) is 8.42 Å². The Morgan fingerprint density at radius 1 is 1.14 bits per heavy atom. The summed E-state index contributed by atoms with van der Waals surface area (Å²) in [7, 11) is -3.87. The third kappa shape index (κ3) is 3.74. The number of aryl methyl sites for hydroxylation is 1. The van der Waals surface area contributed by atoms with Crippen LogP contribution in [-0.2, 0) is 10.0 Å². The number of hydrogen-bond donors (Lipinski definition) is 2. The average Bonchev–Trinajstić information content (AvgIpc) is 2.37. The largest absolute Gasteiger partial charge is 0.398 e. The number of hydrogen-bond acceptors (Lipinski definition) is 3. The molecule has 2 aromatic carbocycles. The molecule has 0 aliphatic rings. The maximum atomic E-state index is 12.4. The van der Waals surface area contributed by atoms with E-state index in [-0.39, 0.29) is 15.6 Å². The Balaban J connectivity index is 2.46. The standard InChI is InChI=1S/C13H11Cl2IN2O2S/c1-7-4-10(15)13(6-11(7)17)21(19,20)18-12-3-2-8(16)5-9(12)14/h2-6,18H,17H2,1H3. The van der Waals surface area contributed by atoms with Crippen molar-refractivity contribution in [3.63, 3.8) is 0 Å². The molecule has 2 aromatic rings. The number of halogens is 3. The molecule has 0 spiro atoms. The predicted molar refractivity (Wildman–Crippen MR) is 95.6 cm³/mol. The Kier molecular flexibility index (Phi) is 4.92. The number of nitrogens with one attached hydrogen (secondary N) is 1. The highest BCUT2D eigenvalue weighted by Crippen LogP contribution is 2.30. The number of nitrogens with two attached hydrogens (primary N) is 1. The van der Waals surface area contributed by atoms with E-state index in [9.17, 15) is 8.42 Å². The van der Waals surface area contributed by atoms with Crippen molar-refractivity contribution in [1.82, 2.24) is 0 Å². The van der Waals surface area contributed by atoms with Crippen LogP contribution in [0.4, 0.5) is 11.4 Å². The fourth-order valence-corrected chi connectivity index (χ4v) is 4.30. The third-order valence-corrected chi connectivity index (χ3v) is 5.60. The zero-order valence-corrected chi connectivity index (χ0v) is 15.3. The molecule has 0 saturated heterocycles. The van der Waals surface area contributed by atoms with Crippen molar-refractivity contribution in [2.24, 2.45) is 0 Å². The van der Waals surface area contributed by atoms with Crippen molar-refractivity contribution in [2.75, 3.05) is 10.5 Å². The van der Waals surface area contributed by atoms with E-state index >= 15 is 0 Å². The smallest absolute Gasteiger partial charge is 0.263 e. The first-order valence-electron chi connectivity index (χ1n) is 5.74. The summed E-state index contributed by atoms with van der Waals surface area (Å²) >= 11 is 14.1. The molecule has 0 aliphatic carbocycles. The predicted octanol–water partition coefficient (Wildman–Crippen LogP) is 4.29. The van der Waals surface area contributed by atoms with Crippen LogP contribution < -0.4 is 10.5 Å². The van der Waals surface area contributed by atoms with Crippen LogP contribution in [0, 0.1) is 10.5 Å². The molecule has 0 aromatic heterocycles. The topological polar surface area (TPSA) is 72.2 Å². The second-order valence-corrected chi connectivity index (χ2v) is 8.08. The van der Waals surface area contributed by atoms with Crippen LogP contribution in [0.25, 0.3) is 0 Å². The second-order valence-electron chi connectivity index (χ2n) is 4.37. The molecule has 0 fully saturated rings. The van der Waals surface area contributed by atoms with Crippen LogP contribution in [0.3, 0.4) is 0 Å². The van der Waals surface area contributed by atoms with Crippen molar-refractivity contribution in [3.05, 3.63) is 49.5 Å². The van der Waals surface area contributed by atoms with Gasteiger partial charge in [-0.05, 0) is 65.4 Å². The van der Waals surface area contributed by atoms with Crippen molar-refractivity contribution in [1.29, 1.82) is 0 Å². The van der Waals surface area contributed by atoms with Crippen LogP contribution in [0.5, 0.6) is 0 Å². The van der Waals surface area contributed by atoms with Crippen LogP contribution in [0.15, 0.2) is 35.2 Å². The first kappa shape index (κ1) is 16.7. The Hall–Kier alpha value is -0.700. The molecule has 0 unspecified atom stereocenters. The van der Waals surface area contributed by atoms with E-state index in [0.29, 0.717) is 16.3 Å².